The number of unbranched alkanes of at least 4 members (excludes halogenated alkanes) is 6. The van der Waals surface area contributed by atoms with Gasteiger partial charge in [0, 0.05) is 26.9 Å². The number of hydrogen-bond donors (Lipinski definition) is 3. The van der Waals surface area contributed by atoms with Crippen molar-refractivity contribution in [3.63, 3.8) is 0 Å². The summed E-state index contributed by atoms with van der Waals surface area (Å²) in [7, 11) is -6.25. The van der Waals surface area contributed by atoms with Crippen LogP contribution in [0.2, 0.25) is 0 Å². The normalized spacial score (nSPS) is 13.0. The van der Waals surface area contributed by atoms with Crippen molar-refractivity contribution in [2.45, 2.75) is 100 Å². The van der Waals surface area contributed by atoms with Crippen LogP contribution in [0.4, 0.5) is 4.79 Å². The van der Waals surface area contributed by atoms with Crippen LogP contribution < -0.4 is 20.7 Å². The molecular formula is C31H61N2O12P2-. The Bertz CT molecular complexity index is 1050. The van der Waals surface area contributed by atoms with Gasteiger partial charge < -0.3 is 44.1 Å². The highest BCUT2D eigenvalue weighted by atomic mass is 31.2. The van der Waals surface area contributed by atoms with E-state index >= 15 is 0 Å². The fourth-order valence-electron chi connectivity index (χ4n) is 3.76. The van der Waals surface area contributed by atoms with Crippen LogP contribution in [0, 0.1) is 13.8 Å². The minimum absolute atomic E-state index is 0. The van der Waals surface area contributed by atoms with Crippen LogP contribution in [0.5, 0.6) is 5.75 Å². The van der Waals surface area contributed by atoms with Crippen LogP contribution in [0.3, 0.4) is 0 Å². The minimum Gasteiger partial charge on any atom is -0.779 e. The summed E-state index contributed by atoms with van der Waals surface area (Å²) in [6, 6.07) is 3.63. The molecule has 2 atom stereocenters. The molecule has 0 saturated carbocycles. The number of hydrogen-bond acceptors (Lipinski definition) is 12. The standard InChI is InChI=1S/C22H36NO8P.C7H18NO4P.2CH4/c1-5-11-28-16-20(24)31-21-17(2)13-19(14-18(21)3)15-29-22(25)23-10-8-6-7-9-12-30-32(4,26)27;1-11-13(9,10)12-7-5-3-2-4-6-8;;/h13-14H,5-12,15-16H2,1-4H3,(H,23,25)(H,26,27);2-8H2,1H3,(H,9,10);2*1H4/p-1. The molecule has 4 N–H and O–H groups in total. The predicted octanol–water partition coefficient (Wildman–Crippen LogP) is 6.16. The van der Waals surface area contributed by atoms with Gasteiger partial charge in [0.25, 0.3) is 0 Å². The Morgan fingerprint density at radius 3 is 2.00 bits per heavy atom. The molecule has 0 heterocycles. The summed E-state index contributed by atoms with van der Waals surface area (Å²) >= 11 is 0. The maximum atomic E-state index is 11.9. The number of esters is 1. The third-order valence-corrected chi connectivity index (χ3v) is 7.55. The van der Waals surface area contributed by atoms with Crippen molar-refractivity contribution in [3.8, 4) is 5.75 Å². The quantitative estimate of drug-likeness (QED) is 0.0503. The molecule has 0 aliphatic heterocycles. The predicted molar refractivity (Wildman–Crippen MR) is 183 cm³/mol. The van der Waals surface area contributed by atoms with Crippen molar-refractivity contribution in [2.24, 2.45) is 5.73 Å². The number of benzene rings is 1. The van der Waals surface area contributed by atoms with Crippen LogP contribution in [0.1, 0.15) is 96.3 Å². The zero-order valence-electron chi connectivity index (χ0n) is 27.4. The Morgan fingerprint density at radius 1 is 0.915 bits per heavy atom. The first-order valence-electron chi connectivity index (χ1n) is 15.2. The number of phosphoric ester groups is 1. The van der Waals surface area contributed by atoms with Gasteiger partial charge in [0.05, 0.1) is 13.2 Å². The Morgan fingerprint density at radius 2 is 1.47 bits per heavy atom. The molecule has 16 heteroatoms. The van der Waals surface area contributed by atoms with Gasteiger partial charge in [0.1, 0.15) is 26.6 Å². The van der Waals surface area contributed by atoms with Gasteiger partial charge in [-0.1, -0.05) is 47.5 Å². The van der Waals surface area contributed by atoms with E-state index < -0.39 is 27.5 Å². The first kappa shape index (κ1) is 49.5. The van der Waals surface area contributed by atoms with Crippen LogP contribution in [-0.2, 0) is 43.6 Å². The molecule has 47 heavy (non-hydrogen) atoms. The molecule has 1 aromatic rings. The summed E-state index contributed by atoms with van der Waals surface area (Å²) in [5, 5.41) is 2.69. The molecule has 14 nitrogen and oxygen atoms in total. The zero-order valence-corrected chi connectivity index (χ0v) is 29.2. The van der Waals surface area contributed by atoms with E-state index in [4.69, 9.17) is 29.4 Å². The van der Waals surface area contributed by atoms with Gasteiger partial charge in [0.15, 0.2) is 0 Å². The number of aryl methyl sites for hydroxylation is 2. The number of nitrogens with two attached hydrogens (primary N) is 1. The van der Waals surface area contributed by atoms with E-state index in [1.165, 1.54) is 0 Å². The van der Waals surface area contributed by atoms with Gasteiger partial charge in [-0.2, -0.15) is 0 Å². The summed E-state index contributed by atoms with van der Waals surface area (Å²) in [5.41, 5.74) is 7.64. The van der Waals surface area contributed by atoms with E-state index in [9.17, 15) is 23.6 Å². The number of carbonyl (C=O) groups is 2. The summed E-state index contributed by atoms with van der Waals surface area (Å²) in [6.45, 7) is 8.80. The van der Waals surface area contributed by atoms with Crippen LogP contribution in [0.25, 0.3) is 0 Å². The highest BCUT2D eigenvalue weighted by molar-refractivity contribution is 7.50. The molecule has 0 fully saturated rings. The fourth-order valence-corrected chi connectivity index (χ4v) is 4.69. The molecule has 0 radical (unpaired) electrons. The topological polar surface area (TPSA) is 205 Å². The lowest BCUT2D eigenvalue weighted by Gasteiger charge is -2.17. The molecule has 2 unspecified atom stereocenters. The number of rotatable bonds is 23. The Kier molecular flexibility index (Phi) is 30.7. The summed E-state index contributed by atoms with van der Waals surface area (Å²) in [5.74, 6) is 0.0435. The smallest absolute Gasteiger partial charge is 0.471 e. The van der Waals surface area contributed by atoms with Gasteiger partial charge >= 0.3 is 19.9 Å². The molecule has 0 aliphatic rings. The SMILES string of the molecule is C.C.CCCOCC(=O)Oc1c(C)cc(COC(=O)NCCCCCCOP(C)(=O)[O-])cc1C.COP(=O)(O)OCCCCCCN. The van der Waals surface area contributed by atoms with Gasteiger partial charge in [-0.3, -0.25) is 9.05 Å². The average molecular weight is 716 g/mol. The van der Waals surface area contributed by atoms with Crippen LogP contribution in [-0.4, -0.2) is 70.2 Å². The van der Waals surface area contributed by atoms with Crippen LogP contribution in [0.15, 0.2) is 12.1 Å². The number of amides is 1. The largest absolute Gasteiger partial charge is 0.779 e. The zero-order chi connectivity index (χ0) is 34.1. The minimum atomic E-state index is -3.75. The molecule has 0 bridgehead atoms. The van der Waals surface area contributed by atoms with E-state index in [1.54, 1.807) is 0 Å². The lowest BCUT2D eigenvalue weighted by Crippen LogP contribution is -2.25. The number of carbonyl (C=O) groups excluding carboxylic acids is 2. The molecule has 0 aliphatic carbocycles. The van der Waals surface area contributed by atoms with Crippen LogP contribution >= 0.6 is 15.4 Å². The third-order valence-electron chi connectivity index (χ3n) is 5.92. The van der Waals surface area contributed by atoms with E-state index in [1.807, 2.05) is 32.9 Å². The Balaban J connectivity index is -0.00000109. The monoisotopic (exact) mass is 715 g/mol. The first-order valence-corrected chi connectivity index (χ1v) is 18.7. The average Bonchev–Trinajstić information content (AvgIpc) is 2.97. The maximum absolute atomic E-state index is 11.9. The summed E-state index contributed by atoms with van der Waals surface area (Å²) in [4.78, 5) is 43.4. The lowest BCUT2D eigenvalue weighted by molar-refractivity contribution is -0.196. The second-order valence-corrected chi connectivity index (χ2v) is 13.7. The van der Waals surface area contributed by atoms with Crippen molar-refractivity contribution < 1.29 is 56.3 Å². The Labute approximate surface area is 282 Å². The summed E-state index contributed by atoms with van der Waals surface area (Å²) in [6.07, 6.45) is 7.13. The molecule has 1 amide bonds. The van der Waals surface area contributed by atoms with E-state index in [0.29, 0.717) is 31.9 Å². The molecular weight excluding hydrogens is 654 g/mol. The highest BCUT2D eigenvalue weighted by Gasteiger charge is 2.17. The highest BCUT2D eigenvalue weighted by Crippen LogP contribution is 2.41. The molecule has 1 rings (SSSR count). The second kappa shape index (κ2) is 29.1. The third kappa shape index (κ3) is 28.8. The Hall–Kier alpha value is -1.86. The fraction of sp³-hybridized carbons (Fsp3) is 0.742. The second-order valence-electron chi connectivity index (χ2n) is 10.3. The van der Waals surface area contributed by atoms with Gasteiger partial charge in [-0.25, -0.2) is 14.2 Å². The number of alkyl carbamates (subject to hydrolysis) is 1. The molecule has 0 spiro atoms. The van der Waals surface area contributed by atoms with E-state index in [-0.39, 0.29) is 41.3 Å². The lowest BCUT2D eigenvalue weighted by atomic mass is 10.1. The molecule has 278 valence electrons. The number of nitrogens with one attached hydrogen (secondary N) is 1. The van der Waals surface area contributed by atoms with Crippen molar-refractivity contribution in [1.82, 2.24) is 5.32 Å². The number of phosphoric acid groups is 1. The summed E-state index contributed by atoms with van der Waals surface area (Å²) < 4.78 is 51.0. The first-order chi connectivity index (χ1) is 21.2. The van der Waals surface area contributed by atoms with Gasteiger partial charge in [-0.15, -0.1) is 0 Å². The molecule has 0 saturated heterocycles. The van der Waals surface area contributed by atoms with E-state index in [2.05, 4.69) is 14.4 Å². The molecule has 1 aromatic carbocycles. The van der Waals surface area contributed by atoms with Crippen molar-refractivity contribution in [2.75, 3.05) is 53.3 Å². The van der Waals surface area contributed by atoms with Gasteiger partial charge in [0.2, 0.25) is 0 Å². The van der Waals surface area contributed by atoms with Gasteiger partial charge in [-0.05, 0) is 81.3 Å². The van der Waals surface area contributed by atoms with Crippen molar-refractivity contribution in [1.29, 1.82) is 0 Å². The van der Waals surface area contributed by atoms with E-state index in [0.717, 1.165) is 81.8 Å². The van der Waals surface area contributed by atoms with Crippen molar-refractivity contribution >= 4 is 27.5 Å². The molecule has 0 aromatic heterocycles. The van der Waals surface area contributed by atoms with Crippen molar-refractivity contribution in [3.05, 3.63) is 28.8 Å². The number of ether oxygens (including phenoxy) is 3. The maximum Gasteiger partial charge on any atom is 0.471 e.